The van der Waals surface area contributed by atoms with E-state index < -0.39 is 15.8 Å². The zero-order valence-electron chi connectivity index (χ0n) is 13.0. The number of nitrogens with one attached hydrogen (secondary N) is 1. The molecule has 0 radical (unpaired) electrons. The van der Waals surface area contributed by atoms with E-state index in [9.17, 15) is 12.8 Å². The minimum Gasteiger partial charge on any atom is -0.490 e. The molecule has 0 bridgehead atoms. The van der Waals surface area contributed by atoms with Gasteiger partial charge in [0.25, 0.3) is 0 Å². The van der Waals surface area contributed by atoms with Crippen LogP contribution >= 0.6 is 0 Å². The Labute approximate surface area is 135 Å². The molecule has 2 saturated heterocycles. The van der Waals surface area contributed by atoms with Crippen LogP contribution in [0.3, 0.4) is 0 Å². The average molecular weight is 344 g/mol. The van der Waals surface area contributed by atoms with Crippen molar-refractivity contribution in [2.24, 2.45) is 11.8 Å². The number of hydrogen-bond donors (Lipinski definition) is 1. The molecule has 0 spiro atoms. The van der Waals surface area contributed by atoms with Gasteiger partial charge in [0.15, 0.2) is 0 Å². The molecule has 2 fully saturated rings. The fourth-order valence-corrected chi connectivity index (χ4v) is 4.88. The third-order valence-electron chi connectivity index (χ3n) is 4.42. The highest BCUT2D eigenvalue weighted by Crippen LogP contribution is 2.34. The van der Waals surface area contributed by atoms with E-state index in [0.29, 0.717) is 31.5 Å². The number of ether oxygens (including phenoxy) is 2. The summed E-state index contributed by atoms with van der Waals surface area (Å²) < 4.78 is 51.2. The first-order valence-electron chi connectivity index (χ1n) is 7.64. The molecule has 6 nitrogen and oxygen atoms in total. The number of rotatable bonds is 6. The van der Waals surface area contributed by atoms with Crippen molar-refractivity contribution >= 4 is 10.0 Å². The van der Waals surface area contributed by atoms with E-state index in [1.54, 1.807) is 0 Å². The largest absolute Gasteiger partial charge is 0.490 e. The van der Waals surface area contributed by atoms with Gasteiger partial charge in [-0.2, -0.15) is 4.31 Å². The molecule has 0 aromatic heterocycles. The zero-order valence-corrected chi connectivity index (χ0v) is 13.8. The van der Waals surface area contributed by atoms with Gasteiger partial charge in [0.05, 0.1) is 6.61 Å². The van der Waals surface area contributed by atoms with Crippen molar-refractivity contribution in [3.63, 3.8) is 0 Å². The Hall–Kier alpha value is -1.22. The summed E-state index contributed by atoms with van der Waals surface area (Å²) in [5, 5.41) is 3.27. The van der Waals surface area contributed by atoms with Crippen molar-refractivity contribution in [3.8, 4) is 5.75 Å². The molecule has 23 heavy (non-hydrogen) atoms. The van der Waals surface area contributed by atoms with E-state index >= 15 is 0 Å². The van der Waals surface area contributed by atoms with Gasteiger partial charge in [0, 0.05) is 20.2 Å². The van der Waals surface area contributed by atoms with E-state index in [1.165, 1.54) is 23.5 Å². The highest BCUT2D eigenvalue weighted by Gasteiger charge is 2.42. The van der Waals surface area contributed by atoms with Crippen LogP contribution in [0.5, 0.6) is 5.75 Å². The van der Waals surface area contributed by atoms with Crippen LogP contribution in [0.2, 0.25) is 0 Å². The summed E-state index contributed by atoms with van der Waals surface area (Å²) >= 11 is 0. The van der Waals surface area contributed by atoms with Crippen molar-refractivity contribution < 1.29 is 22.3 Å². The van der Waals surface area contributed by atoms with Gasteiger partial charge in [-0.1, -0.05) is 0 Å². The molecule has 2 aliphatic heterocycles. The second-order valence-corrected chi connectivity index (χ2v) is 7.84. The lowest BCUT2D eigenvalue weighted by Gasteiger charge is -2.19. The Morgan fingerprint density at radius 3 is 2.61 bits per heavy atom. The lowest BCUT2D eigenvalue weighted by atomic mass is 10.0. The molecular formula is C15H21FN2O4S. The summed E-state index contributed by atoms with van der Waals surface area (Å²) in [5.74, 6) is 0.231. The van der Waals surface area contributed by atoms with Crippen molar-refractivity contribution in [2.45, 2.75) is 4.90 Å². The first-order chi connectivity index (χ1) is 11.0. The van der Waals surface area contributed by atoms with Crippen molar-refractivity contribution in [3.05, 3.63) is 24.0 Å². The van der Waals surface area contributed by atoms with Crippen LogP contribution in [0.15, 0.2) is 23.1 Å². The first kappa shape index (κ1) is 16.6. The Bertz CT molecular complexity index is 655. The fraction of sp³-hybridized carbons (Fsp3) is 0.600. The van der Waals surface area contributed by atoms with Crippen LogP contribution in [-0.2, 0) is 14.8 Å². The van der Waals surface area contributed by atoms with Gasteiger partial charge in [0.2, 0.25) is 10.0 Å². The molecule has 2 heterocycles. The van der Waals surface area contributed by atoms with Gasteiger partial charge >= 0.3 is 0 Å². The second kappa shape index (κ2) is 6.72. The number of halogens is 1. The maximum absolute atomic E-state index is 13.6. The van der Waals surface area contributed by atoms with E-state index in [0.717, 1.165) is 19.2 Å². The smallest absolute Gasteiger partial charge is 0.246 e. The number of fused-ring (bicyclic) bond motifs is 1. The summed E-state index contributed by atoms with van der Waals surface area (Å²) in [5.41, 5.74) is 0. The summed E-state index contributed by atoms with van der Waals surface area (Å²) in [7, 11) is -2.24. The van der Waals surface area contributed by atoms with Crippen LogP contribution in [-0.4, -0.2) is 59.2 Å². The minimum atomic E-state index is -3.77. The number of nitrogens with zero attached hydrogens (tertiary/aromatic N) is 1. The summed E-state index contributed by atoms with van der Waals surface area (Å²) in [6.07, 6.45) is 0. The Morgan fingerprint density at radius 1 is 1.26 bits per heavy atom. The number of hydrogen-bond acceptors (Lipinski definition) is 5. The molecule has 3 rings (SSSR count). The topological polar surface area (TPSA) is 67.9 Å². The molecule has 1 N–H and O–H groups in total. The molecule has 2 aliphatic rings. The minimum absolute atomic E-state index is 0.110. The number of methoxy groups -OCH3 is 1. The van der Waals surface area contributed by atoms with Crippen molar-refractivity contribution in [1.29, 1.82) is 0 Å². The van der Waals surface area contributed by atoms with Crippen LogP contribution in [0.1, 0.15) is 0 Å². The monoisotopic (exact) mass is 344 g/mol. The highest BCUT2D eigenvalue weighted by molar-refractivity contribution is 7.89. The maximum Gasteiger partial charge on any atom is 0.246 e. The normalized spacial score (nSPS) is 24.8. The summed E-state index contributed by atoms with van der Waals surface area (Å²) in [6, 6.07) is 3.59. The van der Waals surface area contributed by atoms with Crippen LogP contribution in [0.25, 0.3) is 0 Å². The SMILES string of the molecule is COCCOc1ccc(F)cc1S(=O)(=O)N1C[C@H]2CNC[C@H]2C1. The van der Waals surface area contributed by atoms with Gasteiger partial charge in [-0.05, 0) is 43.1 Å². The predicted octanol–water partition coefficient (Wildman–Crippen LogP) is 0.691. The molecule has 0 amide bonds. The van der Waals surface area contributed by atoms with Crippen molar-refractivity contribution in [1.82, 2.24) is 9.62 Å². The molecule has 0 aliphatic carbocycles. The molecular weight excluding hydrogens is 323 g/mol. The quantitative estimate of drug-likeness (QED) is 0.769. The average Bonchev–Trinajstić information content (AvgIpc) is 3.10. The molecule has 2 atom stereocenters. The number of benzene rings is 1. The summed E-state index contributed by atoms with van der Waals surface area (Å²) in [6.45, 7) is 3.13. The Kier molecular flexibility index (Phi) is 4.86. The molecule has 8 heteroatoms. The molecule has 0 unspecified atom stereocenters. The van der Waals surface area contributed by atoms with Crippen LogP contribution in [0.4, 0.5) is 4.39 Å². The Balaban J connectivity index is 1.85. The predicted molar refractivity (Wildman–Crippen MR) is 82.4 cm³/mol. The van der Waals surface area contributed by atoms with Gasteiger partial charge in [-0.15, -0.1) is 0 Å². The van der Waals surface area contributed by atoms with Crippen LogP contribution in [0, 0.1) is 17.7 Å². The maximum atomic E-state index is 13.6. The lowest BCUT2D eigenvalue weighted by Crippen LogP contribution is -2.32. The third-order valence-corrected chi connectivity index (χ3v) is 6.28. The zero-order chi connectivity index (χ0) is 16.4. The van der Waals surface area contributed by atoms with Gasteiger partial charge in [0.1, 0.15) is 23.1 Å². The Morgan fingerprint density at radius 2 is 1.96 bits per heavy atom. The van der Waals surface area contributed by atoms with Crippen molar-refractivity contribution in [2.75, 3.05) is 46.5 Å². The van der Waals surface area contributed by atoms with Gasteiger partial charge in [-0.25, -0.2) is 12.8 Å². The van der Waals surface area contributed by atoms with Gasteiger partial charge in [-0.3, -0.25) is 0 Å². The lowest BCUT2D eigenvalue weighted by molar-refractivity contribution is 0.144. The van der Waals surface area contributed by atoms with Gasteiger partial charge < -0.3 is 14.8 Å². The van der Waals surface area contributed by atoms with E-state index in [1.807, 2.05) is 0 Å². The standard InChI is InChI=1S/C15H21FN2O4S/c1-21-4-5-22-14-3-2-13(16)6-15(14)23(19,20)18-9-11-7-17-8-12(11)10-18/h2-3,6,11-12,17H,4-5,7-10H2,1H3/t11-,12+. The molecule has 1 aromatic carbocycles. The fourth-order valence-electron chi connectivity index (χ4n) is 3.19. The first-order valence-corrected chi connectivity index (χ1v) is 9.08. The van der Waals surface area contributed by atoms with E-state index in [4.69, 9.17) is 9.47 Å². The third kappa shape index (κ3) is 3.35. The molecule has 128 valence electrons. The highest BCUT2D eigenvalue weighted by atomic mass is 32.2. The summed E-state index contributed by atoms with van der Waals surface area (Å²) in [4.78, 5) is -0.110. The van der Waals surface area contributed by atoms with Crippen LogP contribution < -0.4 is 10.1 Å². The molecule has 1 aromatic rings. The van der Waals surface area contributed by atoms with E-state index in [-0.39, 0.29) is 17.3 Å². The van der Waals surface area contributed by atoms with E-state index in [2.05, 4.69) is 5.32 Å². The second-order valence-electron chi connectivity index (χ2n) is 5.93. The number of sulfonamides is 1. The molecule has 0 saturated carbocycles.